The molecule has 0 saturated heterocycles. The predicted molar refractivity (Wildman–Crippen MR) is 104 cm³/mol. The molecule has 0 bridgehead atoms. The molecule has 126 valence electrons. The first-order valence-corrected chi connectivity index (χ1v) is 8.50. The van der Waals surface area contributed by atoms with E-state index in [4.69, 9.17) is 10.5 Å². The number of carbonyl (C=O) groups is 2. The second-order valence-electron chi connectivity index (χ2n) is 4.76. The molecule has 8 heteroatoms. The van der Waals surface area contributed by atoms with Crippen molar-refractivity contribution in [1.29, 1.82) is 0 Å². The predicted octanol–water partition coefficient (Wildman–Crippen LogP) is 2.83. The number of nitrogens with two attached hydrogens (primary N) is 1. The fourth-order valence-corrected chi connectivity index (χ4v) is 2.56. The van der Waals surface area contributed by atoms with Crippen LogP contribution in [-0.4, -0.2) is 25.1 Å². The second kappa shape index (κ2) is 8.78. The number of amides is 3. The zero-order valence-electron chi connectivity index (χ0n) is 12.6. The fraction of sp³-hybridized carbons (Fsp3) is 0.125. The summed E-state index contributed by atoms with van der Waals surface area (Å²) in [6.07, 6.45) is 0. The summed E-state index contributed by atoms with van der Waals surface area (Å²) in [5.41, 5.74) is 6.07. The molecule has 2 rings (SSSR count). The minimum Gasteiger partial charge on any atom is -0.492 e. The molecule has 0 unspecified atom stereocenters. The summed E-state index contributed by atoms with van der Waals surface area (Å²) in [6.45, 7) is 0.675. The van der Waals surface area contributed by atoms with Crippen molar-refractivity contribution < 1.29 is 14.3 Å². The molecule has 0 spiro atoms. The molecule has 0 radical (unpaired) electrons. The average Bonchev–Trinajstić information content (AvgIpc) is 2.58. The molecule has 0 atom stereocenters. The van der Waals surface area contributed by atoms with Crippen LogP contribution in [0.1, 0.15) is 10.4 Å². The molecule has 0 aliphatic rings. The molecule has 24 heavy (non-hydrogen) atoms. The van der Waals surface area contributed by atoms with Crippen LogP contribution in [0.5, 0.6) is 5.75 Å². The zero-order valence-corrected chi connectivity index (χ0v) is 15.7. The van der Waals surface area contributed by atoms with Gasteiger partial charge in [0.05, 0.1) is 12.2 Å². The monoisotopic (exact) mass is 457 g/mol. The third kappa shape index (κ3) is 5.31. The Hall–Kier alpha value is -1.94. The van der Waals surface area contributed by atoms with Gasteiger partial charge in [-0.1, -0.05) is 18.9 Å². The number of benzene rings is 2. The normalized spacial score (nSPS) is 10.1. The summed E-state index contributed by atoms with van der Waals surface area (Å²) in [5.74, 6) is 0.227. The Morgan fingerprint density at radius 3 is 2.54 bits per heavy atom. The van der Waals surface area contributed by atoms with E-state index in [0.29, 0.717) is 24.4 Å². The lowest BCUT2D eigenvalue weighted by Gasteiger charge is -2.17. The highest BCUT2D eigenvalue weighted by Crippen LogP contribution is 2.17. The quantitative estimate of drug-likeness (QED) is 0.355. The third-order valence-electron chi connectivity index (χ3n) is 3.03. The van der Waals surface area contributed by atoms with E-state index < -0.39 is 11.9 Å². The van der Waals surface area contributed by atoms with Crippen LogP contribution in [0.3, 0.4) is 0 Å². The number of urea groups is 1. The number of anilines is 1. The van der Waals surface area contributed by atoms with Gasteiger partial charge < -0.3 is 15.8 Å². The number of nitrogens with zero attached hydrogens (tertiary/aromatic N) is 1. The van der Waals surface area contributed by atoms with Gasteiger partial charge in [-0.05, 0) is 65.1 Å². The number of nitrogens with one attached hydrogen (secondary N) is 1. The van der Waals surface area contributed by atoms with Gasteiger partial charge in [0.1, 0.15) is 12.4 Å². The van der Waals surface area contributed by atoms with Gasteiger partial charge in [-0.15, -0.1) is 0 Å². The fourth-order valence-electron chi connectivity index (χ4n) is 1.84. The average molecular weight is 457 g/mol. The number of ether oxygens (including phenoxy) is 1. The van der Waals surface area contributed by atoms with E-state index in [1.807, 2.05) is 24.3 Å². The molecule has 2 aromatic carbocycles. The number of thiol groups is 1. The first kappa shape index (κ1) is 18.4. The highest BCUT2D eigenvalue weighted by atomic mass is 127. The maximum absolute atomic E-state index is 12.0. The van der Waals surface area contributed by atoms with Crippen molar-refractivity contribution in [3.05, 3.63) is 57.7 Å². The molecular weight excluding hydrogens is 441 g/mol. The number of halogens is 1. The van der Waals surface area contributed by atoms with Gasteiger partial charge >= 0.3 is 6.03 Å². The minimum atomic E-state index is -0.524. The van der Waals surface area contributed by atoms with Crippen molar-refractivity contribution in [2.24, 2.45) is 5.73 Å². The Bertz CT molecular complexity index is 725. The Morgan fingerprint density at radius 1 is 1.21 bits per heavy atom. The Balaban J connectivity index is 1.80. The molecule has 2 aromatic rings. The highest BCUT2D eigenvalue weighted by molar-refractivity contribution is 14.1. The largest absolute Gasteiger partial charge is 0.492 e. The Kier molecular flexibility index (Phi) is 6.73. The van der Waals surface area contributed by atoms with Crippen LogP contribution in [0.4, 0.5) is 10.5 Å². The van der Waals surface area contributed by atoms with E-state index >= 15 is 0 Å². The van der Waals surface area contributed by atoms with Gasteiger partial charge in [0.25, 0.3) is 0 Å². The number of carbonyl (C=O) groups excluding carboxylic acids is 2. The highest BCUT2D eigenvalue weighted by Gasteiger charge is 2.12. The Morgan fingerprint density at radius 2 is 1.92 bits per heavy atom. The number of hydrogen-bond donors (Lipinski definition) is 3. The number of rotatable bonds is 6. The summed E-state index contributed by atoms with van der Waals surface area (Å²) >= 11 is 6.35. The van der Waals surface area contributed by atoms with Gasteiger partial charge in [-0.3, -0.25) is 4.79 Å². The Labute approximate surface area is 159 Å². The molecule has 3 amide bonds. The zero-order chi connectivity index (χ0) is 17.5. The van der Waals surface area contributed by atoms with Gasteiger partial charge in [0.15, 0.2) is 0 Å². The van der Waals surface area contributed by atoms with Crippen LogP contribution >= 0.6 is 35.4 Å². The van der Waals surface area contributed by atoms with Crippen molar-refractivity contribution in [3.8, 4) is 5.75 Å². The number of hydrogen-bond acceptors (Lipinski definition) is 4. The maximum Gasteiger partial charge on any atom is 0.332 e. The number of primary amides is 1. The first-order valence-electron chi connectivity index (χ1n) is 7.02. The molecular formula is C16H16IN3O3S. The summed E-state index contributed by atoms with van der Waals surface area (Å²) in [6, 6.07) is 13.5. The van der Waals surface area contributed by atoms with E-state index in [-0.39, 0.29) is 0 Å². The van der Waals surface area contributed by atoms with Crippen LogP contribution in [0.2, 0.25) is 0 Å². The topological polar surface area (TPSA) is 84.7 Å². The first-order chi connectivity index (χ1) is 11.5. The van der Waals surface area contributed by atoms with Gasteiger partial charge in [0.2, 0.25) is 5.91 Å². The van der Waals surface area contributed by atoms with Gasteiger partial charge in [-0.25, -0.2) is 9.10 Å². The van der Waals surface area contributed by atoms with E-state index in [0.717, 1.165) is 13.6 Å². The van der Waals surface area contributed by atoms with Crippen molar-refractivity contribution in [1.82, 2.24) is 5.32 Å². The van der Waals surface area contributed by atoms with Crippen molar-refractivity contribution >= 4 is 53.0 Å². The smallest absolute Gasteiger partial charge is 0.332 e. The molecule has 0 aliphatic heterocycles. The molecule has 0 aliphatic carbocycles. The summed E-state index contributed by atoms with van der Waals surface area (Å²) in [4.78, 5) is 23.0. The second-order valence-corrected chi connectivity index (χ2v) is 6.41. The molecule has 0 heterocycles. The molecule has 6 nitrogen and oxygen atoms in total. The van der Waals surface area contributed by atoms with Crippen molar-refractivity contribution in [2.45, 2.75) is 0 Å². The lowest BCUT2D eigenvalue weighted by Crippen LogP contribution is -2.36. The molecule has 0 fully saturated rings. The van der Waals surface area contributed by atoms with Crippen LogP contribution < -0.4 is 20.1 Å². The summed E-state index contributed by atoms with van der Waals surface area (Å²) < 4.78 is 7.78. The van der Waals surface area contributed by atoms with Crippen molar-refractivity contribution in [2.75, 3.05) is 17.5 Å². The summed E-state index contributed by atoms with van der Waals surface area (Å²) in [7, 11) is 0. The molecule has 3 N–H and O–H groups in total. The molecule has 0 aromatic heterocycles. The van der Waals surface area contributed by atoms with Crippen LogP contribution in [0.15, 0.2) is 48.5 Å². The maximum atomic E-state index is 12.0. The van der Waals surface area contributed by atoms with Crippen LogP contribution in [-0.2, 0) is 0 Å². The van der Waals surface area contributed by atoms with Crippen LogP contribution in [0, 0.1) is 3.57 Å². The third-order valence-corrected chi connectivity index (χ3v) is 4.12. The minimum absolute atomic E-state index is 0.334. The van der Waals surface area contributed by atoms with E-state index in [9.17, 15) is 9.59 Å². The van der Waals surface area contributed by atoms with E-state index in [1.54, 1.807) is 12.1 Å². The lowest BCUT2D eigenvalue weighted by atomic mass is 10.2. The van der Waals surface area contributed by atoms with Crippen molar-refractivity contribution in [3.63, 3.8) is 0 Å². The standard InChI is InChI=1S/C16H16IN3O3S/c17-12-2-1-3-14(10-12)23-9-8-19-16(22)20(24)13-6-4-11(5-7-13)15(18)21/h1-7,10,24H,8-9H2,(H2,18,21)(H,19,22). The lowest BCUT2D eigenvalue weighted by molar-refractivity contribution is 0.100. The SMILES string of the molecule is NC(=O)c1ccc(N(S)C(=O)NCCOc2cccc(I)c2)cc1. The van der Waals surface area contributed by atoms with E-state index in [2.05, 4.69) is 40.7 Å². The van der Waals surface area contributed by atoms with Crippen LogP contribution in [0.25, 0.3) is 0 Å². The van der Waals surface area contributed by atoms with E-state index in [1.165, 1.54) is 12.1 Å². The molecule has 0 saturated carbocycles. The van der Waals surface area contributed by atoms with Gasteiger partial charge in [-0.2, -0.15) is 0 Å². The van der Waals surface area contributed by atoms with Gasteiger partial charge in [0, 0.05) is 9.13 Å². The summed E-state index contributed by atoms with van der Waals surface area (Å²) in [5, 5.41) is 2.70.